The maximum atomic E-state index is 12.0. The molecule has 1 atom stereocenters. The fraction of sp³-hybridized carbons (Fsp3) is 0.214. The second-order valence-corrected chi connectivity index (χ2v) is 4.35. The van der Waals surface area contributed by atoms with Gasteiger partial charge >= 0.3 is 0 Å². The lowest BCUT2D eigenvalue weighted by atomic mass is 10.1. The Bertz CT molecular complexity index is 608. The summed E-state index contributed by atoms with van der Waals surface area (Å²) in [4.78, 5) is 12.0. The number of amides is 1. The van der Waals surface area contributed by atoms with Crippen LogP contribution in [0.1, 0.15) is 22.0 Å². The third-order valence-electron chi connectivity index (χ3n) is 3.02. The number of rotatable bonds is 4. The molecule has 0 bridgehead atoms. The summed E-state index contributed by atoms with van der Waals surface area (Å²) in [5.41, 5.74) is 1.07. The molecule has 1 aliphatic rings. The molecule has 1 amide bonds. The Morgan fingerprint density at radius 3 is 2.95 bits per heavy atom. The second kappa shape index (κ2) is 5.26. The fourth-order valence-corrected chi connectivity index (χ4v) is 1.91. The highest BCUT2D eigenvalue weighted by Crippen LogP contribution is 2.32. The zero-order valence-corrected chi connectivity index (χ0v) is 10.5. The van der Waals surface area contributed by atoms with E-state index >= 15 is 0 Å². The molecule has 0 radical (unpaired) electrons. The summed E-state index contributed by atoms with van der Waals surface area (Å²) < 4.78 is 15.3. The minimum Gasteiger partial charge on any atom is -0.472 e. The van der Waals surface area contributed by atoms with Gasteiger partial charge in [-0.05, 0) is 24.3 Å². The van der Waals surface area contributed by atoms with Crippen molar-refractivity contribution in [1.82, 2.24) is 5.32 Å². The van der Waals surface area contributed by atoms with Gasteiger partial charge in [-0.25, -0.2) is 0 Å². The van der Waals surface area contributed by atoms with Gasteiger partial charge < -0.3 is 24.3 Å². The number of aliphatic hydroxyl groups excluding tert-OH is 1. The van der Waals surface area contributed by atoms with Crippen molar-refractivity contribution in [3.63, 3.8) is 0 Å². The molecule has 6 heteroatoms. The zero-order chi connectivity index (χ0) is 13.9. The fourth-order valence-electron chi connectivity index (χ4n) is 1.91. The van der Waals surface area contributed by atoms with E-state index in [9.17, 15) is 9.90 Å². The van der Waals surface area contributed by atoms with E-state index in [0.29, 0.717) is 22.6 Å². The maximum absolute atomic E-state index is 12.0. The zero-order valence-electron chi connectivity index (χ0n) is 10.5. The van der Waals surface area contributed by atoms with Crippen LogP contribution in [0.5, 0.6) is 11.5 Å². The van der Waals surface area contributed by atoms with Crippen molar-refractivity contribution in [2.24, 2.45) is 0 Å². The topological polar surface area (TPSA) is 80.9 Å². The van der Waals surface area contributed by atoms with E-state index in [4.69, 9.17) is 13.9 Å². The van der Waals surface area contributed by atoms with Gasteiger partial charge in [0.05, 0.1) is 18.6 Å². The first-order chi connectivity index (χ1) is 9.74. The van der Waals surface area contributed by atoms with Gasteiger partial charge in [-0.2, -0.15) is 0 Å². The van der Waals surface area contributed by atoms with Crippen LogP contribution in [0.15, 0.2) is 41.2 Å². The van der Waals surface area contributed by atoms with Gasteiger partial charge in [-0.1, -0.05) is 0 Å². The molecule has 0 aliphatic carbocycles. The predicted octanol–water partition coefficient (Wildman–Crippen LogP) is 1.47. The molecular weight excluding hydrogens is 262 g/mol. The number of nitrogens with one attached hydrogen (secondary N) is 1. The molecule has 1 aromatic heterocycles. The average molecular weight is 275 g/mol. The highest BCUT2D eigenvalue weighted by molar-refractivity contribution is 5.94. The molecule has 0 fully saturated rings. The van der Waals surface area contributed by atoms with Crippen molar-refractivity contribution < 1.29 is 23.8 Å². The van der Waals surface area contributed by atoms with Gasteiger partial charge in [0.25, 0.3) is 5.91 Å². The Kier molecular flexibility index (Phi) is 3.30. The number of aliphatic hydroxyl groups is 1. The second-order valence-electron chi connectivity index (χ2n) is 4.35. The van der Waals surface area contributed by atoms with Crippen molar-refractivity contribution in [2.45, 2.75) is 6.10 Å². The summed E-state index contributed by atoms with van der Waals surface area (Å²) in [6.45, 7) is 0.270. The molecule has 0 spiro atoms. The highest BCUT2D eigenvalue weighted by atomic mass is 16.7. The highest BCUT2D eigenvalue weighted by Gasteiger charge is 2.17. The number of ether oxygens (including phenoxy) is 2. The van der Waals surface area contributed by atoms with Crippen molar-refractivity contribution in [3.05, 3.63) is 47.9 Å². The summed E-state index contributed by atoms with van der Waals surface area (Å²) in [6, 6.07) is 6.59. The standard InChI is InChI=1S/C14H13NO5/c16-11(10-3-4-18-7-10)6-15-14(17)9-1-2-12-13(5-9)20-8-19-12/h1-5,7,11,16H,6,8H2,(H,15,17)/t11-/m1/s1. The van der Waals surface area contributed by atoms with Crippen LogP contribution in [-0.4, -0.2) is 24.4 Å². The molecule has 1 aliphatic heterocycles. The Morgan fingerprint density at radius 2 is 2.15 bits per heavy atom. The Morgan fingerprint density at radius 1 is 1.30 bits per heavy atom. The molecule has 2 heterocycles. The third-order valence-corrected chi connectivity index (χ3v) is 3.02. The van der Waals surface area contributed by atoms with Gasteiger partial charge in [0.15, 0.2) is 11.5 Å². The molecule has 0 saturated heterocycles. The molecule has 2 N–H and O–H groups in total. The first-order valence-corrected chi connectivity index (χ1v) is 6.12. The Balaban J connectivity index is 1.62. The van der Waals surface area contributed by atoms with Crippen LogP contribution in [-0.2, 0) is 0 Å². The minimum absolute atomic E-state index is 0.104. The number of benzene rings is 1. The lowest BCUT2D eigenvalue weighted by Crippen LogP contribution is -2.28. The molecule has 0 unspecified atom stereocenters. The lowest BCUT2D eigenvalue weighted by Gasteiger charge is -2.10. The largest absolute Gasteiger partial charge is 0.472 e. The normalized spacial score (nSPS) is 14.1. The van der Waals surface area contributed by atoms with Crippen LogP contribution < -0.4 is 14.8 Å². The molecule has 3 rings (SSSR count). The molecular formula is C14H13NO5. The lowest BCUT2D eigenvalue weighted by molar-refractivity contribution is 0.0915. The van der Waals surface area contributed by atoms with Crippen molar-refractivity contribution in [2.75, 3.05) is 13.3 Å². The van der Waals surface area contributed by atoms with Crippen LogP contribution in [0.4, 0.5) is 0 Å². The number of carbonyl (C=O) groups is 1. The van der Waals surface area contributed by atoms with E-state index in [2.05, 4.69) is 5.32 Å². The summed E-state index contributed by atoms with van der Waals surface area (Å²) in [6.07, 6.45) is 2.11. The number of hydrogen-bond acceptors (Lipinski definition) is 5. The van der Waals surface area contributed by atoms with Crippen LogP contribution in [0.3, 0.4) is 0 Å². The van der Waals surface area contributed by atoms with Crippen LogP contribution in [0.2, 0.25) is 0 Å². The van der Waals surface area contributed by atoms with E-state index < -0.39 is 6.10 Å². The molecule has 20 heavy (non-hydrogen) atoms. The molecule has 0 saturated carbocycles. The molecule has 104 valence electrons. The van der Waals surface area contributed by atoms with Crippen LogP contribution in [0.25, 0.3) is 0 Å². The summed E-state index contributed by atoms with van der Waals surface area (Å²) in [5, 5.41) is 12.5. The van der Waals surface area contributed by atoms with Gasteiger partial charge in [-0.15, -0.1) is 0 Å². The monoisotopic (exact) mass is 275 g/mol. The first-order valence-electron chi connectivity index (χ1n) is 6.12. The van der Waals surface area contributed by atoms with E-state index in [1.807, 2.05) is 0 Å². The number of hydrogen-bond donors (Lipinski definition) is 2. The quantitative estimate of drug-likeness (QED) is 0.883. The minimum atomic E-state index is -0.799. The van der Waals surface area contributed by atoms with Gasteiger partial charge in [0.2, 0.25) is 6.79 Å². The van der Waals surface area contributed by atoms with E-state index in [0.717, 1.165) is 0 Å². The predicted molar refractivity (Wildman–Crippen MR) is 68.6 cm³/mol. The number of furan rings is 1. The van der Waals surface area contributed by atoms with Gasteiger partial charge in [0, 0.05) is 17.7 Å². The first kappa shape index (κ1) is 12.6. The SMILES string of the molecule is O=C(NC[C@@H](O)c1ccoc1)c1ccc2c(c1)OCO2. The van der Waals surface area contributed by atoms with Crippen molar-refractivity contribution >= 4 is 5.91 Å². The average Bonchev–Trinajstić information content (AvgIpc) is 3.13. The summed E-state index contributed by atoms with van der Waals surface area (Å²) >= 11 is 0. The van der Waals surface area contributed by atoms with E-state index in [1.54, 1.807) is 24.3 Å². The molecule has 6 nitrogen and oxygen atoms in total. The number of fused-ring (bicyclic) bond motifs is 1. The van der Waals surface area contributed by atoms with Crippen LogP contribution in [0, 0.1) is 0 Å². The van der Waals surface area contributed by atoms with Gasteiger partial charge in [0.1, 0.15) is 0 Å². The van der Waals surface area contributed by atoms with E-state index in [-0.39, 0.29) is 19.2 Å². The van der Waals surface area contributed by atoms with Crippen molar-refractivity contribution in [1.29, 1.82) is 0 Å². The summed E-state index contributed by atoms with van der Waals surface area (Å²) in [5.74, 6) is 0.888. The third kappa shape index (κ3) is 2.46. The van der Waals surface area contributed by atoms with Crippen LogP contribution >= 0.6 is 0 Å². The Labute approximate surface area is 114 Å². The molecule has 2 aromatic rings. The summed E-state index contributed by atoms with van der Waals surface area (Å²) in [7, 11) is 0. The smallest absolute Gasteiger partial charge is 0.251 e. The maximum Gasteiger partial charge on any atom is 0.251 e. The molecule has 1 aromatic carbocycles. The van der Waals surface area contributed by atoms with Crippen molar-refractivity contribution in [3.8, 4) is 11.5 Å². The Hall–Kier alpha value is -2.47. The van der Waals surface area contributed by atoms with E-state index in [1.165, 1.54) is 12.5 Å². The number of carbonyl (C=O) groups excluding carboxylic acids is 1. The van der Waals surface area contributed by atoms with Gasteiger partial charge in [-0.3, -0.25) is 4.79 Å².